The quantitative estimate of drug-likeness (QED) is 0.0263. The van der Waals surface area contributed by atoms with E-state index < -0.39 is 136 Å². The molecule has 9 heterocycles. The summed E-state index contributed by atoms with van der Waals surface area (Å²) in [6.07, 6.45) is -2.36. The number of phosphoric ester groups is 2. The number of cyclic esters (lactones) is 5. The molecule has 0 bridgehead atoms. The van der Waals surface area contributed by atoms with Crippen molar-refractivity contribution >= 4 is 86.7 Å². The van der Waals surface area contributed by atoms with Crippen LogP contribution in [0, 0.1) is 40.7 Å². The van der Waals surface area contributed by atoms with Crippen molar-refractivity contribution in [2.24, 2.45) is 0 Å². The average molecular weight is 1350 g/mol. The standard InChI is InChI=1S/C19H18F2N4O3.C18H15F3N3O8P.C18H16F2N3O8P/c1-2-12-10-25(19(27)28-12)14-5-4-13(16(20)17(14)21)11-3-6-15(23-9-11)24-8-7-22-18(24)26;19-11-5-12(24-7-10(32-18(24)26)8-31-33(27,28)29)15(20)16(21)14(11)9-1-2-13(22-6-9)23-3-4-30-17(23)25;19-15-12(10-1-4-14(21-7-10)22-5-6-29-17(22)24)2-3-13(16(15)20)23-8-11(31-18(23)25)9-30-32(26,27)28/h3-6,9,12H,2,7-8,10H2,1H3,(H,22,26);1-2,5-6,10H,3-4,7-8H2,(H2,27,28,29);1-4,7,11H,5-6,8-9H2,(H2,26,27,28)/t12-;10-;11-/m011/s1. The fraction of sp³-hybridized carbons (Fsp3) is 0.291. The average Bonchev–Trinajstić information content (AvgIpc) is 1.79. The number of nitrogens with one attached hydrogen (secondary N) is 1. The summed E-state index contributed by atoms with van der Waals surface area (Å²) in [6, 6.07) is 14.2. The molecule has 6 fully saturated rings. The first kappa shape index (κ1) is 66.4. The van der Waals surface area contributed by atoms with Crippen molar-refractivity contribution in [2.45, 2.75) is 31.7 Å². The zero-order chi connectivity index (χ0) is 66.8. The Bertz CT molecular complexity index is 4010. The monoisotopic (exact) mass is 1350 g/mol. The number of pyridine rings is 3. The summed E-state index contributed by atoms with van der Waals surface area (Å²) in [5, 5.41) is 2.67. The molecule has 3 aromatic heterocycles. The number of hydrogen-bond acceptors (Lipinski definition) is 18. The van der Waals surface area contributed by atoms with Gasteiger partial charge >= 0.3 is 52.1 Å². The predicted octanol–water partition coefficient (Wildman–Crippen LogP) is 8.27. The number of halogens is 7. The molecular weight excluding hydrogens is 1300 g/mol. The first-order valence-corrected chi connectivity index (χ1v) is 30.6. The van der Waals surface area contributed by atoms with E-state index in [1.165, 1.54) is 75.6 Å². The van der Waals surface area contributed by atoms with Gasteiger partial charge in [0.05, 0.1) is 68.6 Å². The number of hydrogen-bond donors (Lipinski definition) is 5. The summed E-state index contributed by atoms with van der Waals surface area (Å²) in [5.41, 5.74) is -1.68. The molecule has 7 amide bonds. The van der Waals surface area contributed by atoms with Gasteiger partial charge in [0.2, 0.25) is 0 Å². The number of carbonyl (C=O) groups excluding carboxylic acids is 6. The molecule has 492 valence electrons. The Labute approximate surface area is 519 Å². The van der Waals surface area contributed by atoms with Crippen LogP contribution in [0.25, 0.3) is 33.4 Å². The number of anilines is 6. The maximum absolute atomic E-state index is 14.8. The summed E-state index contributed by atoms with van der Waals surface area (Å²) in [6.45, 7) is 1.96. The summed E-state index contributed by atoms with van der Waals surface area (Å²) < 4.78 is 158. The summed E-state index contributed by atoms with van der Waals surface area (Å²) >= 11 is 0. The van der Waals surface area contributed by atoms with Gasteiger partial charge in [-0.3, -0.25) is 38.4 Å². The summed E-state index contributed by atoms with van der Waals surface area (Å²) in [7, 11) is -9.63. The molecule has 6 saturated heterocycles. The Morgan fingerprint density at radius 2 is 0.903 bits per heavy atom. The van der Waals surface area contributed by atoms with Gasteiger partial charge < -0.3 is 48.6 Å². The SMILES string of the molecule is CC[C@H]1CN(c2ccc(-c3ccc(N4CCNC4=O)nc3)c(F)c2F)C(=O)O1.O=C1OCCN1c1ccc(-c2c(F)cc(N3C[C@H](COP(=O)(O)O)OC3=O)c(F)c2F)cn1.O=C1OCCN1c1ccc(-c2ccc(N3C[C@H](COP(=O)(O)O)OC3=O)c(F)c2F)cn1. The van der Waals surface area contributed by atoms with E-state index in [0.717, 1.165) is 16.0 Å². The van der Waals surface area contributed by atoms with Crippen LogP contribution in [0.15, 0.2) is 85.3 Å². The molecule has 3 aromatic carbocycles. The van der Waals surface area contributed by atoms with E-state index in [1.807, 2.05) is 6.92 Å². The molecule has 0 spiro atoms. The van der Waals surface area contributed by atoms with Crippen LogP contribution >= 0.6 is 15.6 Å². The van der Waals surface area contributed by atoms with Gasteiger partial charge in [0.15, 0.2) is 34.9 Å². The van der Waals surface area contributed by atoms with Gasteiger partial charge in [0, 0.05) is 65.6 Å². The maximum atomic E-state index is 14.8. The third-order valence-corrected chi connectivity index (χ3v) is 15.4. The smallest absolute Gasteiger partial charge is 0.447 e. The molecule has 0 aliphatic carbocycles. The lowest BCUT2D eigenvalue weighted by Gasteiger charge is -2.17. The van der Waals surface area contributed by atoms with Crippen molar-refractivity contribution in [1.29, 1.82) is 0 Å². The third-order valence-electron chi connectivity index (χ3n) is 14.4. The number of nitrogens with zero attached hydrogens (tertiary/aromatic N) is 9. The van der Waals surface area contributed by atoms with Crippen molar-refractivity contribution in [1.82, 2.24) is 20.3 Å². The minimum Gasteiger partial charge on any atom is -0.447 e. The summed E-state index contributed by atoms with van der Waals surface area (Å²) in [5.74, 6) is -8.17. The molecule has 93 heavy (non-hydrogen) atoms. The highest BCUT2D eigenvalue weighted by atomic mass is 31.2. The lowest BCUT2D eigenvalue weighted by molar-refractivity contribution is 0.0880. The topological polar surface area (TPSA) is 352 Å². The first-order chi connectivity index (χ1) is 44.2. The molecule has 6 aromatic rings. The maximum Gasteiger partial charge on any atom is 0.469 e. The van der Waals surface area contributed by atoms with E-state index in [4.69, 9.17) is 43.3 Å². The van der Waals surface area contributed by atoms with Crippen LogP contribution in [0.3, 0.4) is 0 Å². The van der Waals surface area contributed by atoms with Crippen molar-refractivity contribution in [3.63, 3.8) is 0 Å². The lowest BCUT2D eigenvalue weighted by atomic mass is 10.0. The van der Waals surface area contributed by atoms with E-state index >= 15 is 0 Å². The highest BCUT2D eigenvalue weighted by molar-refractivity contribution is 7.46. The van der Waals surface area contributed by atoms with Crippen molar-refractivity contribution in [3.05, 3.63) is 126 Å². The largest absolute Gasteiger partial charge is 0.469 e. The van der Waals surface area contributed by atoms with Crippen LogP contribution in [0.2, 0.25) is 0 Å². The molecule has 38 heteroatoms. The zero-order valence-corrected chi connectivity index (χ0v) is 49.6. The highest BCUT2D eigenvalue weighted by Gasteiger charge is 2.40. The predicted molar refractivity (Wildman–Crippen MR) is 306 cm³/mol. The Kier molecular flexibility index (Phi) is 19.5. The normalized spacial score (nSPS) is 18.9. The second-order valence-corrected chi connectivity index (χ2v) is 22.8. The van der Waals surface area contributed by atoms with Crippen molar-refractivity contribution in [3.8, 4) is 33.4 Å². The number of ether oxygens (including phenoxy) is 5. The second kappa shape index (κ2) is 27.3. The van der Waals surface area contributed by atoms with E-state index in [9.17, 15) is 68.6 Å². The highest BCUT2D eigenvalue weighted by Crippen LogP contribution is 2.41. The van der Waals surface area contributed by atoms with Crippen LogP contribution in [-0.2, 0) is 41.9 Å². The van der Waals surface area contributed by atoms with E-state index in [0.29, 0.717) is 54.2 Å². The van der Waals surface area contributed by atoms with Crippen LogP contribution in [-0.4, -0.2) is 162 Å². The Morgan fingerprint density at radius 1 is 0.495 bits per heavy atom. The molecule has 3 atom stereocenters. The zero-order valence-electron chi connectivity index (χ0n) is 47.8. The molecular formula is C55H49F7N10O19P2. The van der Waals surface area contributed by atoms with E-state index in [2.05, 4.69) is 29.3 Å². The van der Waals surface area contributed by atoms with Gasteiger partial charge in [-0.15, -0.1) is 0 Å². The van der Waals surface area contributed by atoms with Gasteiger partial charge in [-0.1, -0.05) is 6.92 Å². The lowest BCUT2D eigenvalue weighted by Crippen LogP contribution is -2.28. The van der Waals surface area contributed by atoms with Gasteiger partial charge in [0.1, 0.15) is 54.8 Å². The van der Waals surface area contributed by atoms with Crippen molar-refractivity contribution < 1.29 is 121 Å². The van der Waals surface area contributed by atoms with Crippen LogP contribution in [0.5, 0.6) is 0 Å². The van der Waals surface area contributed by atoms with Gasteiger partial charge in [0.25, 0.3) is 0 Å². The molecule has 5 N–H and O–H groups in total. The third kappa shape index (κ3) is 14.7. The van der Waals surface area contributed by atoms with Gasteiger partial charge in [-0.05, 0) is 67.1 Å². The fourth-order valence-corrected chi connectivity index (χ4v) is 10.6. The number of rotatable bonds is 16. The number of aromatic nitrogens is 3. The molecule has 29 nitrogen and oxygen atoms in total. The minimum absolute atomic E-state index is 0.0192. The number of phosphoric acid groups is 2. The number of benzene rings is 3. The molecule has 12 rings (SSSR count). The molecule has 0 radical (unpaired) electrons. The molecule has 0 saturated carbocycles. The number of urea groups is 1. The minimum atomic E-state index is -4.85. The fourth-order valence-electron chi connectivity index (χ4n) is 9.88. The number of amides is 7. The van der Waals surface area contributed by atoms with E-state index in [-0.39, 0.29) is 78.7 Å². The molecule has 0 unspecified atom stereocenters. The summed E-state index contributed by atoms with van der Waals surface area (Å²) in [4.78, 5) is 124. The molecule has 6 aliphatic rings. The van der Waals surface area contributed by atoms with Crippen LogP contribution in [0.1, 0.15) is 13.3 Å². The van der Waals surface area contributed by atoms with Crippen LogP contribution < -0.4 is 34.7 Å². The first-order valence-electron chi connectivity index (χ1n) is 27.5. The van der Waals surface area contributed by atoms with Gasteiger partial charge in [-0.25, -0.2) is 83.6 Å². The second-order valence-electron chi connectivity index (χ2n) is 20.4. The Balaban J connectivity index is 0.000000153. The van der Waals surface area contributed by atoms with Crippen molar-refractivity contribution in [2.75, 3.05) is 102 Å². The Morgan fingerprint density at radius 3 is 1.28 bits per heavy atom. The van der Waals surface area contributed by atoms with Crippen LogP contribution in [0.4, 0.5) is 94.0 Å². The molecule has 6 aliphatic heterocycles. The van der Waals surface area contributed by atoms with Gasteiger partial charge in [-0.2, -0.15) is 0 Å². The number of carbonyl (C=O) groups is 6. The van der Waals surface area contributed by atoms with E-state index in [1.54, 1.807) is 12.1 Å². The Hall–Kier alpha value is -9.54.